The fourth-order valence-electron chi connectivity index (χ4n) is 3.50. The van der Waals surface area contributed by atoms with Gasteiger partial charge in [-0.25, -0.2) is 9.37 Å². The summed E-state index contributed by atoms with van der Waals surface area (Å²) in [6, 6.07) is 13.9. The van der Waals surface area contributed by atoms with Gasteiger partial charge in [0.2, 0.25) is 11.0 Å². The van der Waals surface area contributed by atoms with Crippen LogP contribution in [-0.2, 0) is 17.8 Å². The zero-order valence-corrected chi connectivity index (χ0v) is 17.9. The molecule has 3 aromatic rings. The van der Waals surface area contributed by atoms with Gasteiger partial charge in [-0.15, -0.1) is 0 Å². The van der Waals surface area contributed by atoms with E-state index in [9.17, 15) is 9.18 Å². The molecule has 1 N–H and O–H groups in total. The molecular formula is C22H22ClFN4OS. The van der Waals surface area contributed by atoms with E-state index in [-0.39, 0.29) is 17.6 Å². The van der Waals surface area contributed by atoms with Crippen LogP contribution in [0.4, 0.5) is 9.52 Å². The lowest BCUT2D eigenvalue weighted by Crippen LogP contribution is -2.40. The van der Waals surface area contributed by atoms with E-state index in [0.29, 0.717) is 13.0 Å². The van der Waals surface area contributed by atoms with E-state index in [2.05, 4.69) is 19.6 Å². The highest BCUT2D eigenvalue weighted by atomic mass is 35.5. The van der Waals surface area contributed by atoms with Crippen molar-refractivity contribution in [1.29, 1.82) is 0 Å². The second-order valence-electron chi connectivity index (χ2n) is 7.40. The fourth-order valence-corrected chi connectivity index (χ4v) is 4.36. The van der Waals surface area contributed by atoms with Crippen LogP contribution < -0.4 is 10.2 Å². The van der Waals surface area contributed by atoms with Crippen molar-refractivity contribution in [2.75, 3.05) is 18.0 Å². The summed E-state index contributed by atoms with van der Waals surface area (Å²) in [4.78, 5) is 19.3. The van der Waals surface area contributed by atoms with E-state index < -0.39 is 0 Å². The summed E-state index contributed by atoms with van der Waals surface area (Å²) >= 11 is 7.34. The van der Waals surface area contributed by atoms with Gasteiger partial charge in [-0.1, -0.05) is 35.9 Å². The predicted octanol–water partition coefficient (Wildman–Crippen LogP) is 4.45. The van der Waals surface area contributed by atoms with Gasteiger partial charge < -0.3 is 10.2 Å². The number of nitrogens with zero attached hydrogens (tertiary/aromatic N) is 3. The number of hydrogen-bond donors (Lipinski definition) is 1. The van der Waals surface area contributed by atoms with Gasteiger partial charge in [-0.3, -0.25) is 4.79 Å². The van der Waals surface area contributed by atoms with Gasteiger partial charge >= 0.3 is 0 Å². The molecule has 0 atom stereocenters. The van der Waals surface area contributed by atoms with Crippen molar-refractivity contribution in [3.05, 3.63) is 76.3 Å². The lowest BCUT2D eigenvalue weighted by atomic mass is 9.96. The van der Waals surface area contributed by atoms with Gasteiger partial charge in [-0.2, -0.15) is 4.37 Å². The van der Waals surface area contributed by atoms with Crippen LogP contribution in [0.3, 0.4) is 0 Å². The van der Waals surface area contributed by atoms with Crippen molar-refractivity contribution in [2.45, 2.75) is 25.8 Å². The molecular weight excluding hydrogens is 423 g/mol. The van der Waals surface area contributed by atoms with Crippen LogP contribution in [0.25, 0.3) is 0 Å². The summed E-state index contributed by atoms with van der Waals surface area (Å²) in [6.45, 7) is 1.98. The van der Waals surface area contributed by atoms with Gasteiger partial charge in [0.15, 0.2) is 0 Å². The molecule has 1 amide bonds. The molecule has 30 heavy (non-hydrogen) atoms. The first-order valence-electron chi connectivity index (χ1n) is 9.91. The van der Waals surface area contributed by atoms with E-state index in [0.717, 1.165) is 53.0 Å². The third kappa shape index (κ3) is 5.34. The van der Waals surface area contributed by atoms with Crippen LogP contribution in [0, 0.1) is 11.7 Å². The lowest BCUT2D eigenvalue weighted by molar-refractivity contribution is -0.125. The van der Waals surface area contributed by atoms with Gasteiger partial charge in [-0.05, 0) is 48.2 Å². The van der Waals surface area contributed by atoms with E-state index in [1.807, 2.05) is 24.3 Å². The first kappa shape index (κ1) is 20.8. The highest BCUT2D eigenvalue weighted by molar-refractivity contribution is 7.09. The lowest BCUT2D eigenvalue weighted by Gasteiger charge is -2.30. The average Bonchev–Trinajstić information content (AvgIpc) is 3.23. The normalized spacial score (nSPS) is 14.7. The van der Waals surface area contributed by atoms with Crippen LogP contribution in [0.1, 0.15) is 29.8 Å². The number of nitrogens with one attached hydrogen (secondary N) is 1. The van der Waals surface area contributed by atoms with Crippen molar-refractivity contribution in [3.8, 4) is 0 Å². The number of amides is 1. The fraction of sp³-hybridized carbons (Fsp3) is 0.318. The van der Waals surface area contributed by atoms with E-state index in [4.69, 9.17) is 11.6 Å². The summed E-state index contributed by atoms with van der Waals surface area (Å²) in [6.07, 6.45) is 2.23. The molecule has 2 aromatic carbocycles. The topological polar surface area (TPSA) is 58.1 Å². The second-order valence-corrected chi connectivity index (χ2v) is 8.57. The number of halogens is 2. The number of benzene rings is 2. The number of piperidine rings is 1. The maximum absolute atomic E-state index is 13.0. The quantitative estimate of drug-likeness (QED) is 0.610. The number of carbonyl (C=O) groups is 1. The maximum atomic E-state index is 13.0. The molecule has 0 unspecified atom stereocenters. The van der Waals surface area contributed by atoms with Gasteiger partial charge in [0, 0.05) is 48.5 Å². The third-order valence-electron chi connectivity index (χ3n) is 5.25. The predicted molar refractivity (Wildman–Crippen MR) is 117 cm³/mol. The Balaban J connectivity index is 1.26. The number of carbonyl (C=O) groups excluding carboxylic acids is 1. The molecule has 1 aliphatic rings. The largest absolute Gasteiger partial charge is 0.352 e. The van der Waals surface area contributed by atoms with E-state index >= 15 is 0 Å². The first-order chi connectivity index (χ1) is 14.6. The van der Waals surface area contributed by atoms with Gasteiger partial charge in [0.25, 0.3) is 0 Å². The Morgan fingerprint density at radius 3 is 2.47 bits per heavy atom. The Bertz CT molecular complexity index is 985. The molecule has 0 radical (unpaired) electrons. The molecule has 156 valence electrons. The molecule has 5 nitrogen and oxygen atoms in total. The molecule has 1 aliphatic heterocycles. The summed E-state index contributed by atoms with van der Waals surface area (Å²) in [5, 5.41) is 4.59. The van der Waals surface area contributed by atoms with Crippen molar-refractivity contribution in [3.63, 3.8) is 0 Å². The highest BCUT2D eigenvalue weighted by Gasteiger charge is 2.26. The Hall–Kier alpha value is -2.51. The second kappa shape index (κ2) is 9.53. The molecule has 0 saturated carbocycles. The molecule has 1 aromatic heterocycles. The Labute approximate surface area is 184 Å². The molecule has 1 saturated heterocycles. The zero-order chi connectivity index (χ0) is 20.9. The smallest absolute Gasteiger partial charge is 0.223 e. The molecule has 2 heterocycles. The summed E-state index contributed by atoms with van der Waals surface area (Å²) < 4.78 is 17.5. The van der Waals surface area contributed by atoms with Gasteiger partial charge in [0.05, 0.1) is 0 Å². The van der Waals surface area contributed by atoms with Crippen LogP contribution in [0.5, 0.6) is 0 Å². The third-order valence-corrected chi connectivity index (χ3v) is 6.32. The maximum Gasteiger partial charge on any atom is 0.223 e. The monoisotopic (exact) mass is 444 g/mol. The average molecular weight is 445 g/mol. The van der Waals surface area contributed by atoms with E-state index in [1.165, 1.54) is 23.7 Å². The molecule has 0 spiro atoms. The Morgan fingerprint density at radius 1 is 1.10 bits per heavy atom. The summed E-state index contributed by atoms with van der Waals surface area (Å²) in [7, 11) is 0. The number of aromatic nitrogens is 2. The zero-order valence-electron chi connectivity index (χ0n) is 16.4. The number of anilines is 1. The minimum Gasteiger partial charge on any atom is -0.352 e. The molecule has 0 bridgehead atoms. The van der Waals surface area contributed by atoms with Crippen LogP contribution >= 0.6 is 23.1 Å². The molecule has 1 fully saturated rings. The van der Waals surface area contributed by atoms with Crippen molar-refractivity contribution in [1.82, 2.24) is 14.7 Å². The van der Waals surface area contributed by atoms with Crippen molar-refractivity contribution < 1.29 is 9.18 Å². The molecule has 4 rings (SSSR count). The molecule has 8 heteroatoms. The van der Waals surface area contributed by atoms with Crippen LogP contribution in [0.2, 0.25) is 5.02 Å². The van der Waals surface area contributed by atoms with Crippen LogP contribution in [-0.4, -0.2) is 28.4 Å². The van der Waals surface area contributed by atoms with Crippen LogP contribution in [0.15, 0.2) is 48.5 Å². The summed E-state index contributed by atoms with van der Waals surface area (Å²) in [5.41, 5.74) is 2.02. The van der Waals surface area contributed by atoms with Gasteiger partial charge in [0.1, 0.15) is 11.6 Å². The van der Waals surface area contributed by atoms with E-state index in [1.54, 1.807) is 12.1 Å². The number of hydrogen-bond acceptors (Lipinski definition) is 5. The minimum absolute atomic E-state index is 0.0110. The minimum atomic E-state index is -0.273. The molecule has 0 aliphatic carbocycles. The van der Waals surface area contributed by atoms with Crippen molar-refractivity contribution in [2.24, 2.45) is 5.92 Å². The standard InChI is InChI=1S/C22H22ClFN4OS/c23-18-5-1-15(2-6-18)13-20-26-22(30-27-20)28-11-9-17(10-12-28)21(29)25-14-16-3-7-19(24)8-4-16/h1-8,17H,9-14H2,(H,25,29). The SMILES string of the molecule is O=C(NCc1ccc(F)cc1)C1CCN(c2nc(Cc3ccc(Cl)cc3)ns2)CC1. The Kier molecular flexibility index (Phi) is 6.59. The highest BCUT2D eigenvalue weighted by Crippen LogP contribution is 2.25. The summed E-state index contributed by atoms with van der Waals surface area (Å²) in [5.74, 6) is 0.574. The number of rotatable bonds is 6. The van der Waals surface area contributed by atoms with Crippen molar-refractivity contribution >= 4 is 34.2 Å². The Morgan fingerprint density at radius 2 is 1.77 bits per heavy atom. The first-order valence-corrected chi connectivity index (χ1v) is 11.1.